The first-order valence-electron chi connectivity index (χ1n) is 5.40. The summed E-state index contributed by atoms with van der Waals surface area (Å²) < 4.78 is 49.9. The minimum absolute atomic E-state index is 0.0917. The third kappa shape index (κ3) is 1.85. The largest absolute Gasteiger partial charge is 0.379 e. The van der Waals surface area contributed by atoms with Gasteiger partial charge in [-0.2, -0.15) is 0 Å². The van der Waals surface area contributed by atoms with Crippen molar-refractivity contribution < 1.29 is 22.7 Å². The van der Waals surface area contributed by atoms with Crippen LogP contribution in [0.2, 0.25) is 0 Å². The van der Waals surface area contributed by atoms with Gasteiger partial charge in [-0.1, -0.05) is 12.2 Å². The standard InChI is InChI=1S/C11H14F4O/c12-9(13)11(16,10(14)15)5-8-4-6-1-2-7(8)3-6/h1-2,6-10,16H,3-5H2. The number of hydrogen-bond acceptors (Lipinski definition) is 1. The summed E-state index contributed by atoms with van der Waals surface area (Å²) in [5.74, 6) is 0.187. The average Bonchev–Trinajstić information content (AvgIpc) is 2.78. The smallest absolute Gasteiger partial charge is 0.272 e. The van der Waals surface area contributed by atoms with Crippen molar-refractivity contribution in [1.82, 2.24) is 0 Å². The van der Waals surface area contributed by atoms with Crippen molar-refractivity contribution in [2.24, 2.45) is 17.8 Å². The van der Waals surface area contributed by atoms with Gasteiger partial charge in [-0.25, -0.2) is 17.6 Å². The maximum atomic E-state index is 12.5. The molecule has 0 radical (unpaired) electrons. The predicted molar refractivity (Wildman–Crippen MR) is 50.4 cm³/mol. The van der Waals surface area contributed by atoms with Crippen LogP contribution in [0, 0.1) is 17.8 Å². The van der Waals surface area contributed by atoms with E-state index >= 15 is 0 Å². The number of alkyl halides is 4. The van der Waals surface area contributed by atoms with Gasteiger partial charge in [0.15, 0.2) is 5.60 Å². The molecule has 0 aromatic rings. The highest BCUT2D eigenvalue weighted by atomic mass is 19.3. The van der Waals surface area contributed by atoms with Gasteiger partial charge in [-0.15, -0.1) is 0 Å². The maximum Gasteiger partial charge on any atom is 0.272 e. The Bertz CT molecular complexity index is 282. The van der Waals surface area contributed by atoms with Crippen LogP contribution in [0.4, 0.5) is 17.6 Å². The van der Waals surface area contributed by atoms with Crippen molar-refractivity contribution in [3.8, 4) is 0 Å². The monoisotopic (exact) mass is 238 g/mol. The first-order valence-corrected chi connectivity index (χ1v) is 5.40. The van der Waals surface area contributed by atoms with Gasteiger partial charge >= 0.3 is 0 Å². The second-order valence-corrected chi connectivity index (χ2v) is 4.84. The molecule has 0 aromatic carbocycles. The molecule has 2 aliphatic carbocycles. The summed E-state index contributed by atoms with van der Waals surface area (Å²) >= 11 is 0. The van der Waals surface area contributed by atoms with Crippen molar-refractivity contribution in [1.29, 1.82) is 0 Å². The first kappa shape index (κ1) is 11.9. The van der Waals surface area contributed by atoms with Crippen LogP contribution >= 0.6 is 0 Å². The minimum atomic E-state index is -3.39. The van der Waals surface area contributed by atoms with E-state index in [9.17, 15) is 22.7 Å². The van der Waals surface area contributed by atoms with Crippen LogP contribution < -0.4 is 0 Å². The Morgan fingerprint density at radius 2 is 1.75 bits per heavy atom. The molecular formula is C11H14F4O. The zero-order valence-electron chi connectivity index (χ0n) is 8.62. The van der Waals surface area contributed by atoms with Crippen LogP contribution in [-0.2, 0) is 0 Å². The lowest BCUT2D eigenvalue weighted by Gasteiger charge is -2.31. The van der Waals surface area contributed by atoms with E-state index in [1.807, 2.05) is 12.2 Å². The Kier molecular flexibility index (Phi) is 2.99. The third-order valence-corrected chi connectivity index (χ3v) is 3.76. The molecule has 3 atom stereocenters. The average molecular weight is 238 g/mol. The second kappa shape index (κ2) is 4.02. The van der Waals surface area contributed by atoms with Gasteiger partial charge < -0.3 is 5.11 Å². The number of fused-ring (bicyclic) bond motifs is 2. The lowest BCUT2D eigenvalue weighted by molar-refractivity contribution is -0.186. The number of rotatable bonds is 4. The Morgan fingerprint density at radius 3 is 2.12 bits per heavy atom. The summed E-state index contributed by atoms with van der Waals surface area (Å²) in [7, 11) is 0. The van der Waals surface area contributed by atoms with E-state index in [2.05, 4.69) is 0 Å². The molecule has 2 aliphatic rings. The second-order valence-electron chi connectivity index (χ2n) is 4.84. The topological polar surface area (TPSA) is 20.2 Å². The normalized spacial score (nSPS) is 33.3. The van der Waals surface area contributed by atoms with Crippen LogP contribution in [0.3, 0.4) is 0 Å². The zero-order valence-corrected chi connectivity index (χ0v) is 8.62. The third-order valence-electron chi connectivity index (χ3n) is 3.76. The van der Waals surface area contributed by atoms with E-state index in [0.29, 0.717) is 12.3 Å². The van der Waals surface area contributed by atoms with Gasteiger partial charge in [0.05, 0.1) is 0 Å². The fraction of sp³-hybridized carbons (Fsp3) is 0.818. The Morgan fingerprint density at radius 1 is 1.12 bits per heavy atom. The van der Waals surface area contributed by atoms with Crippen LogP contribution in [0.5, 0.6) is 0 Å². The number of allylic oxidation sites excluding steroid dienone is 2. The molecule has 0 heterocycles. The molecular weight excluding hydrogens is 224 g/mol. The molecule has 0 spiro atoms. The molecule has 2 bridgehead atoms. The van der Waals surface area contributed by atoms with Crippen LogP contribution in [-0.4, -0.2) is 23.6 Å². The fourth-order valence-corrected chi connectivity index (χ4v) is 2.82. The fourth-order valence-electron chi connectivity index (χ4n) is 2.82. The van der Waals surface area contributed by atoms with E-state index in [4.69, 9.17) is 0 Å². The van der Waals surface area contributed by atoms with Crippen LogP contribution in [0.25, 0.3) is 0 Å². The highest BCUT2D eigenvalue weighted by Gasteiger charge is 2.51. The van der Waals surface area contributed by atoms with E-state index in [0.717, 1.165) is 6.42 Å². The SMILES string of the molecule is OC(CC1CC2C=CC1C2)(C(F)F)C(F)F. The van der Waals surface area contributed by atoms with Gasteiger partial charge in [0.1, 0.15) is 0 Å². The predicted octanol–water partition coefficient (Wildman–Crippen LogP) is 2.85. The number of halogens is 4. The Balaban J connectivity index is 2.05. The Labute approximate surface area is 91.1 Å². The van der Waals surface area contributed by atoms with Gasteiger partial charge in [-0.3, -0.25) is 0 Å². The summed E-state index contributed by atoms with van der Waals surface area (Å²) in [6.45, 7) is 0. The highest BCUT2D eigenvalue weighted by molar-refractivity contribution is 5.11. The first-order chi connectivity index (χ1) is 7.43. The molecule has 0 amide bonds. The van der Waals surface area contributed by atoms with Crippen molar-refractivity contribution in [2.45, 2.75) is 37.7 Å². The van der Waals surface area contributed by atoms with Gasteiger partial charge in [0.2, 0.25) is 0 Å². The van der Waals surface area contributed by atoms with E-state index in [1.54, 1.807) is 0 Å². The summed E-state index contributed by atoms with van der Waals surface area (Å²) in [5, 5.41) is 9.33. The van der Waals surface area contributed by atoms with Crippen molar-refractivity contribution in [3.05, 3.63) is 12.2 Å². The van der Waals surface area contributed by atoms with Crippen molar-refractivity contribution in [2.75, 3.05) is 0 Å². The summed E-state index contributed by atoms with van der Waals surface area (Å²) in [4.78, 5) is 0. The highest BCUT2D eigenvalue weighted by Crippen LogP contribution is 2.48. The minimum Gasteiger partial charge on any atom is -0.379 e. The molecule has 5 heteroatoms. The molecule has 0 saturated heterocycles. The zero-order chi connectivity index (χ0) is 11.9. The molecule has 2 rings (SSSR count). The summed E-state index contributed by atoms with van der Waals surface area (Å²) in [5.41, 5.74) is -3.14. The lowest BCUT2D eigenvalue weighted by Crippen LogP contribution is -2.46. The van der Waals surface area contributed by atoms with Gasteiger partial charge in [0, 0.05) is 0 Å². The van der Waals surface area contributed by atoms with Crippen molar-refractivity contribution >= 4 is 0 Å². The Hall–Kier alpha value is -0.580. The molecule has 16 heavy (non-hydrogen) atoms. The van der Waals surface area contributed by atoms with Gasteiger partial charge in [0.25, 0.3) is 12.9 Å². The van der Waals surface area contributed by atoms with Crippen molar-refractivity contribution in [3.63, 3.8) is 0 Å². The summed E-state index contributed by atoms with van der Waals surface area (Å²) in [6, 6.07) is 0. The molecule has 0 aliphatic heterocycles. The lowest BCUT2D eigenvalue weighted by atomic mass is 9.83. The molecule has 1 N–H and O–H groups in total. The quantitative estimate of drug-likeness (QED) is 0.589. The summed E-state index contributed by atoms with van der Waals surface area (Å²) in [6.07, 6.45) is -1.89. The molecule has 0 aromatic heterocycles. The molecule has 3 unspecified atom stereocenters. The molecule has 92 valence electrons. The number of hydrogen-bond donors (Lipinski definition) is 1. The van der Waals surface area contributed by atoms with Gasteiger partial charge in [-0.05, 0) is 37.0 Å². The van der Waals surface area contributed by atoms with E-state index < -0.39 is 24.9 Å². The van der Waals surface area contributed by atoms with Crippen LogP contribution in [0.15, 0.2) is 12.2 Å². The number of aliphatic hydroxyl groups is 1. The maximum absolute atomic E-state index is 12.5. The van der Waals surface area contributed by atoms with Crippen LogP contribution in [0.1, 0.15) is 19.3 Å². The van der Waals surface area contributed by atoms with E-state index in [-0.39, 0.29) is 11.8 Å². The molecule has 1 nitrogen and oxygen atoms in total. The van der Waals surface area contributed by atoms with E-state index in [1.165, 1.54) is 0 Å². The molecule has 1 fully saturated rings. The molecule has 1 saturated carbocycles.